The molecule has 2 rings (SSSR count). The Balaban J connectivity index is 2.04. The topological polar surface area (TPSA) is 67.6 Å². The number of hydrogen-bond donors (Lipinski definition) is 2. The highest BCUT2D eigenvalue weighted by Crippen LogP contribution is 2.20. The average Bonchev–Trinajstić information content (AvgIpc) is 2.63. The summed E-state index contributed by atoms with van der Waals surface area (Å²) in [4.78, 5) is 13.6. The molecule has 1 aliphatic rings. The van der Waals surface area contributed by atoms with Gasteiger partial charge in [-0.1, -0.05) is 12.1 Å². The molecule has 19 heavy (non-hydrogen) atoms. The minimum Gasteiger partial charge on any atom is -0.496 e. The van der Waals surface area contributed by atoms with Crippen LogP contribution >= 0.6 is 0 Å². The van der Waals surface area contributed by atoms with Gasteiger partial charge in [-0.25, -0.2) is 0 Å². The predicted octanol–water partition coefficient (Wildman–Crippen LogP) is 0.476. The maximum Gasteiger partial charge on any atom is 0.221 e. The second-order valence-corrected chi connectivity index (χ2v) is 4.73. The molecule has 0 aromatic heterocycles. The second kappa shape index (κ2) is 6.54. The number of benzene rings is 1. The van der Waals surface area contributed by atoms with Gasteiger partial charge in [-0.2, -0.15) is 0 Å². The number of nitrogens with zero attached hydrogens (tertiary/aromatic N) is 1. The van der Waals surface area contributed by atoms with Crippen LogP contribution in [0.5, 0.6) is 5.75 Å². The number of carbonyl (C=O) groups excluding carboxylic acids is 1. The van der Waals surface area contributed by atoms with Crippen molar-refractivity contribution in [3.8, 4) is 5.75 Å². The van der Waals surface area contributed by atoms with Crippen molar-refractivity contribution in [1.29, 1.82) is 0 Å². The third-order valence-electron chi connectivity index (χ3n) is 3.38. The Bertz CT molecular complexity index is 448. The van der Waals surface area contributed by atoms with E-state index in [1.54, 1.807) is 7.11 Å². The fourth-order valence-corrected chi connectivity index (χ4v) is 2.29. The quantitative estimate of drug-likeness (QED) is 0.829. The molecule has 0 bridgehead atoms. The Morgan fingerprint density at radius 3 is 3.00 bits per heavy atom. The Labute approximate surface area is 113 Å². The summed E-state index contributed by atoms with van der Waals surface area (Å²) in [6, 6.07) is 6.11. The van der Waals surface area contributed by atoms with E-state index in [2.05, 4.69) is 16.3 Å². The van der Waals surface area contributed by atoms with Gasteiger partial charge in [-0.15, -0.1) is 0 Å². The number of hydrogen-bond acceptors (Lipinski definition) is 4. The van der Waals surface area contributed by atoms with Crippen LogP contribution in [0.3, 0.4) is 0 Å². The van der Waals surface area contributed by atoms with Crippen LogP contribution in [-0.4, -0.2) is 37.6 Å². The van der Waals surface area contributed by atoms with Crippen LogP contribution in [0.15, 0.2) is 18.2 Å². The van der Waals surface area contributed by atoms with Crippen LogP contribution in [0.25, 0.3) is 0 Å². The van der Waals surface area contributed by atoms with Crippen LogP contribution in [0.4, 0.5) is 0 Å². The summed E-state index contributed by atoms with van der Waals surface area (Å²) in [6.45, 7) is 3.71. The number of carbonyl (C=O) groups is 1. The van der Waals surface area contributed by atoms with E-state index >= 15 is 0 Å². The highest BCUT2D eigenvalue weighted by atomic mass is 16.5. The summed E-state index contributed by atoms with van der Waals surface area (Å²) in [6.07, 6.45) is 0.567. The van der Waals surface area contributed by atoms with E-state index in [-0.39, 0.29) is 5.91 Å². The van der Waals surface area contributed by atoms with E-state index < -0.39 is 0 Å². The number of nitrogens with two attached hydrogens (primary N) is 1. The van der Waals surface area contributed by atoms with Crippen LogP contribution in [0, 0.1) is 0 Å². The predicted molar refractivity (Wildman–Crippen MR) is 73.8 cm³/mol. The van der Waals surface area contributed by atoms with E-state index in [1.165, 1.54) is 5.56 Å². The number of ether oxygens (including phenoxy) is 1. The monoisotopic (exact) mass is 263 g/mol. The van der Waals surface area contributed by atoms with Crippen LogP contribution in [0.1, 0.15) is 17.5 Å². The van der Waals surface area contributed by atoms with Gasteiger partial charge in [0.2, 0.25) is 5.91 Å². The molecule has 5 heteroatoms. The van der Waals surface area contributed by atoms with E-state index in [1.807, 2.05) is 12.1 Å². The van der Waals surface area contributed by atoms with Gasteiger partial charge in [0.15, 0.2) is 0 Å². The lowest BCUT2D eigenvalue weighted by Crippen LogP contribution is -2.28. The van der Waals surface area contributed by atoms with Gasteiger partial charge in [-0.05, 0) is 11.6 Å². The zero-order valence-corrected chi connectivity index (χ0v) is 11.3. The molecule has 104 valence electrons. The van der Waals surface area contributed by atoms with Crippen molar-refractivity contribution in [3.63, 3.8) is 0 Å². The third-order valence-corrected chi connectivity index (χ3v) is 3.38. The molecule has 0 aliphatic carbocycles. The van der Waals surface area contributed by atoms with Gasteiger partial charge in [0.25, 0.3) is 0 Å². The molecular weight excluding hydrogens is 242 g/mol. The minimum atomic E-state index is 0.138. The molecule has 1 aromatic carbocycles. The summed E-state index contributed by atoms with van der Waals surface area (Å²) >= 11 is 0. The highest BCUT2D eigenvalue weighted by molar-refractivity contribution is 5.76. The molecule has 0 radical (unpaired) electrons. The molecule has 0 atom stereocenters. The first-order valence-corrected chi connectivity index (χ1v) is 6.58. The molecule has 3 N–H and O–H groups in total. The Kier molecular flexibility index (Phi) is 4.76. The van der Waals surface area contributed by atoms with Crippen molar-refractivity contribution < 1.29 is 9.53 Å². The van der Waals surface area contributed by atoms with Gasteiger partial charge >= 0.3 is 0 Å². The van der Waals surface area contributed by atoms with Gasteiger partial charge in [0, 0.05) is 44.7 Å². The first-order chi connectivity index (χ1) is 9.22. The van der Waals surface area contributed by atoms with Gasteiger partial charge < -0.3 is 15.8 Å². The standard InChI is InChI=1S/C14H21N3O2/c1-19-13-8-11(2-3-12(13)9-15)10-17-6-4-14(18)16-5-7-17/h2-3,8H,4-7,9-10,15H2,1H3,(H,16,18). The normalized spacial score (nSPS) is 16.8. The number of nitrogens with one attached hydrogen (secondary N) is 1. The molecule has 5 nitrogen and oxygen atoms in total. The van der Waals surface area contributed by atoms with Crippen molar-refractivity contribution in [2.75, 3.05) is 26.7 Å². The molecule has 0 saturated carbocycles. The molecular formula is C14H21N3O2. The van der Waals surface area contributed by atoms with Crippen molar-refractivity contribution in [2.24, 2.45) is 5.73 Å². The Morgan fingerprint density at radius 2 is 2.26 bits per heavy atom. The third kappa shape index (κ3) is 3.68. The lowest BCUT2D eigenvalue weighted by Gasteiger charge is -2.19. The fourth-order valence-electron chi connectivity index (χ4n) is 2.29. The zero-order chi connectivity index (χ0) is 13.7. The molecule has 1 saturated heterocycles. The van der Waals surface area contributed by atoms with Crippen LogP contribution in [0.2, 0.25) is 0 Å². The van der Waals surface area contributed by atoms with Crippen LogP contribution in [-0.2, 0) is 17.9 Å². The lowest BCUT2D eigenvalue weighted by atomic mass is 10.1. The van der Waals surface area contributed by atoms with Crippen molar-refractivity contribution >= 4 is 5.91 Å². The number of methoxy groups -OCH3 is 1. The van der Waals surface area contributed by atoms with Crippen molar-refractivity contribution in [2.45, 2.75) is 19.5 Å². The first kappa shape index (κ1) is 13.8. The smallest absolute Gasteiger partial charge is 0.221 e. The van der Waals surface area contributed by atoms with E-state index in [0.29, 0.717) is 13.0 Å². The molecule has 1 amide bonds. The van der Waals surface area contributed by atoms with Gasteiger partial charge in [-0.3, -0.25) is 9.69 Å². The molecule has 1 aliphatic heterocycles. The van der Waals surface area contributed by atoms with Crippen molar-refractivity contribution in [1.82, 2.24) is 10.2 Å². The highest BCUT2D eigenvalue weighted by Gasteiger charge is 2.14. The average molecular weight is 263 g/mol. The Hall–Kier alpha value is -1.59. The summed E-state index contributed by atoms with van der Waals surface area (Å²) in [5, 5.41) is 2.88. The minimum absolute atomic E-state index is 0.138. The second-order valence-electron chi connectivity index (χ2n) is 4.73. The lowest BCUT2D eigenvalue weighted by molar-refractivity contribution is -0.120. The van der Waals surface area contributed by atoms with E-state index in [4.69, 9.17) is 10.5 Å². The van der Waals surface area contributed by atoms with Crippen LogP contribution < -0.4 is 15.8 Å². The maximum absolute atomic E-state index is 11.3. The fraction of sp³-hybridized carbons (Fsp3) is 0.500. The van der Waals surface area contributed by atoms with E-state index in [0.717, 1.165) is 37.5 Å². The Morgan fingerprint density at radius 1 is 1.42 bits per heavy atom. The summed E-state index contributed by atoms with van der Waals surface area (Å²) < 4.78 is 5.34. The van der Waals surface area contributed by atoms with Gasteiger partial charge in [0.1, 0.15) is 5.75 Å². The first-order valence-electron chi connectivity index (χ1n) is 6.58. The summed E-state index contributed by atoms with van der Waals surface area (Å²) in [5.74, 6) is 0.975. The molecule has 0 spiro atoms. The molecule has 1 heterocycles. The van der Waals surface area contributed by atoms with Crippen molar-refractivity contribution in [3.05, 3.63) is 29.3 Å². The van der Waals surface area contributed by atoms with Gasteiger partial charge in [0.05, 0.1) is 7.11 Å². The molecule has 0 unspecified atom stereocenters. The molecule has 1 aromatic rings. The zero-order valence-electron chi connectivity index (χ0n) is 11.3. The number of amides is 1. The summed E-state index contributed by atoms with van der Waals surface area (Å²) in [5.41, 5.74) is 7.86. The molecule has 1 fully saturated rings. The summed E-state index contributed by atoms with van der Waals surface area (Å²) in [7, 11) is 1.66. The number of rotatable bonds is 4. The largest absolute Gasteiger partial charge is 0.496 e. The SMILES string of the molecule is COc1cc(CN2CCNC(=O)CC2)ccc1CN. The maximum atomic E-state index is 11.3. The van der Waals surface area contributed by atoms with E-state index in [9.17, 15) is 4.79 Å².